The summed E-state index contributed by atoms with van der Waals surface area (Å²) in [6, 6.07) is 8.61. The molecule has 2 aromatic rings. The van der Waals surface area contributed by atoms with Crippen molar-refractivity contribution >= 4 is 50.8 Å². The van der Waals surface area contributed by atoms with Gasteiger partial charge < -0.3 is 19.5 Å². The average Bonchev–Trinajstić information content (AvgIpc) is 2.97. The van der Waals surface area contributed by atoms with E-state index in [-0.39, 0.29) is 14.9 Å². The van der Waals surface area contributed by atoms with Crippen LogP contribution in [0.1, 0.15) is 6.42 Å². The maximum atomic E-state index is 12.2. The molecule has 2 aromatic carbocycles. The second kappa shape index (κ2) is 10.2. The van der Waals surface area contributed by atoms with Crippen molar-refractivity contribution in [2.75, 3.05) is 31.7 Å². The molecule has 1 amide bonds. The summed E-state index contributed by atoms with van der Waals surface area (Å²) in [5, 5.41) is 2.81. The van der Waals surface area contributed by atoms with Gasteiger partial charge in [0.1, 0.15) is 6.54 Å². The number of benzene rings is 2. The molecule has 31 heavy (non-hydrogen) atoms. The monoisotopic (exact) mass is 488 g/mol. The smallest absolute Gasteiger partial charge is 0.321 e. The van der Waals surface area contributed by atoms with Gasteiger partial charge in [0.2, 0.25) is 10.0 Å². The Morgan fingerprint density at radius 1 is 1.00 bits per heavy atom. The molecule has 12 heteroatoms. The number of esters is 1. The Morgan fingerprint density at radius 3 is 2.48 bits per heavy atom. The van der Waals surface area contributed by atoms with Crippen molar-refractivity contribution in [3.05, 3.63) is 46.4 Å². The Kier molecular flexibility index (Phi) is 7.60. The van der Waals surface area contributed by atoms with Crippen molar-refractivity contribution in [2.24, 2.45) is 0 Å². The summed E-state index contributed by atoms with van der Waals surface area (Å²) in [5.74, 6) is -0.451. The van der Waals surface area contributed by atoms with Crippen LogP contribution in [0.5, 0.6) is 11.5 Å². The van der Waals surface area contributed by atoms with Crippen LogP contribution in [0.2, 0.25) is 10.0 Å². The number of hydrogen-bond donors (Lipinski definition) is 2. The summed E-state index contributed by atoms with van der Waals surface area (Å²) in [5.41, 5.74) is 0.436. The van der Waals surface area contributed by atoms with Crippen molar-refractivity contribution in [3.63, 3.8) is 0 Å². The largest absolute Gasteiger partial charge is 0.490 e. The second-order valence-electron chi connectivity index (χ2n) is 6.32. The van der Waals surface area contributed by atoms with E-state index < -0.39 is 35.1 Å². The Morgan fingerprint density at radius 2 is 1.74 bits per heavy atom. The standard InChI is InChI=1S/C19H18Cl2N2O7S/c20-14-4-3-13(9-15(14)21)31(26,27)22-10-19(25)30-11-18(24)23-12-2-5-16-17(8-12)29-7-1-6-28-16/h2-5,8-9,22H,1,6-7,10-11H2,(H,23,24). The van der Waals surface area contributed by atoms with E-state index >= 15 is 0 Å². The molecule has 0 aromatic heterocycles. The maximum Gasteiger partial charge on any atom is 0.321 e. The highest BCUT2D eigenvalue weighted by atomic mass is 35.5. The first-order valence-corrected chi connectivity index (χ1v) is 11.3. The average molecular weight is 489 g/mol. The summed E-state index contributed by atoms with van der Waals surface area (Å²) < 4.78 is 42.3. The number of fused-ring (bicyclic) bond motifs is 1. The molecule has 0 spiro atoms. The van der Waals surface area contributed by atoms with Gasteiger partial charge in [-0.25, -0.2) is 8.42 Å². The van der Waals surface area contributed by atoms with Gasteiger partial charge in [0, 0.05) is 18.2 Å². The molecule has 1 heterocycles. The minimum Gasteiger partial charge on any atom is -0.490 e. The molecule has 0 saturated heterocycles. The fourth-order valence-corrected chi connectivity index (χ4v) is 3.87. The number of ether oxygens (including phenoxy) is 3. The van der Waals surface area contributed by atoms with E-state index in [9.17, 15) is 18.0 Å². The zero-order valence-electron chi connectivity index (χ0n) is 16.0. The highest BCUT2D eigenvalue weighted by Crippen LogP contribution is 2.32. The third-order valence-corrected chi connectivity index (χ3v) is 6.14. The lowest BCUT2D eigenvalue weighted by atomic mass is 10.2. The highest BCUT2D eigenvalue weighted by Gasteiger charge is 2.18. The minimum absolute atomic E-state index is 0.0542. The molecule has 0 bridgehead atoms. The highest BCUT2D eigenvalue weighted by molar-refractivity contribution is 7.89. The first-order chi connectivity index (χ1) is 14.7. The van der Waals surface area contributed by atoms with E-state index in [1.54, 1.807) is 18.2 Å². The molecule has 2 N–H and O–H groups in total. The van der Waals surface area contributed by atoms with Crippen molar-refractivity contribution < 1.29 is 32.2 Å². The predicted octanol–water partition coefficient (Wildman–Crippen LogP) is 2.61. The number of rotatable bonds is 7. The third kappa shape index (κ3) is 6.47. The molecule has 3 rings (SSSR count). The Balaban J connectivity index is 1.47. The molecule has 0 saturated carbocycles. The van der Waals surface area contributed by atoms with Gasteiger partial charge in [0.15, 0.2) is 18.1 Å². The van der Waals surface area contributed by atoms with Crippen molar-refractivity contribution in [1.82, 2.24) is 4.72 Å². The van der Waals surface area contributed by atoms with Crippen molar-refractivity contribution in [1.29, 1.82) is 0 Å². The normalized spacial score (nSPS) is 13.2. The molecule has 9 nitrogen and oxygen atoms in total. The molecule has 0 atom stereocenters. The van der Waals surface area contributed by atoms with E-state index in [4.69, 9.17) is 37.4 Å². The van der Waals surface area contributed by atoms with Crippen LogP contribution in [0.4, 0.5) is 5.69 Å². The van der Waals surface area contributed by atoms with Gasteiger partial charge in [-0.1, -0.05) is 23.2 Å². The molecule has 0 fully saturated rings. The number of amides is 1. The molecule has 0 radical (unpaired) electrons. The summed E-state index contributed by atoms with van der Waals surface area (Å²) in [7, 11) is -4.01. The number of carbonyl (C=O) groups excluding carboxylic acids is 2. The summed E-state index contributed by atoms with van der Waals surface area (Å²) in [6.07, 6.45) is 0.751. The lowest BCUT2D eigenvalue weighted by molar-refractivity contribution is -0.146. The molecular formula is C19H18Cl2N2O7S. The van der Waals surface area contributed by atoms with Gasteiger partial charge in [-0.15, -0.1) is 0 Å². The Bertz CT molecular complexity index is 1090. The van der Waals surface area contributed by atoms with Crippen molar-refractivity contribution in [2.45, 2.75) is 11.3 Å². The van der Waals surface area contributed by atoms with Crippen LogP contribution in [-0.2, 0) is 24.3 Å². The molecule has 0 aliphatic carbocycles. The number of halogens is 2. The summed E-state index contributed by atoms with van der Waals surface area (Å²) >= 11 is 11.6. The number of anilines is 1. The van der Waals surface area contributed by atoms with Gasteiger partial charge >= 0.3 is 5.97 Å². The molecular weight excluding hydrogens is 471 g/mol. The lowest BCUT2D eigenvalue weighted by Gasteiger charge is -2.11. The Labute approximate surface area is 188 Å². The van der Waals surface area contributed by atoms with Gasteiger partial charge in [-0.2, -0.15) is 4.72 Å². The van der Waals surface area contributed by atoms with E-state index in [0.29, 0.717) is 30.4 Å². The van der Waals surface area contributed by atoms with Crippen LogP contribution in [0.25, 0.3) is 0 Å². The van der Waals surface area contributed by atoms with E-state index in [1.807, 2.05) is 0 Å². The van der Waals surface area contributed by atoms with E-state index in [2.05, 4.69) is 10.0 Å². The van der Waals surface area contributed by atoms with Crippen LogP contribution in [0.15, 0.2) is 41.3 Å². The number of carbonyl (C=O) groups is 2. The van der Waals surface area contributed by atoms with Crippen LogP contribution in [0, 0.1) is 0 Å². The second-order valence-corrected chi connectivity index (χ2v) is 8.90. The maximum absolute atomic E-state index is 12.2. The zero-order chi connectivity index (χ0) is 22.4. The number of hydrogen-bond acceptors (Lipinski definition) is 7. The number of sulfonamides is 1. The summed E-state index contributed by atoms with van der Waals surface area (Å²) in [6.45, 7) is -0.217. The fourth-order valence-electron chi connectivity index (χ4n) is 2.52. The van der Waals surface area contributed by atoms with Gasteiger partial charge in [0.05, 0.1) is 28.2 Å². The lowest BCUT2D eigenvalue weighted by Crippen LogP contribution is -2.32. The van der Waals surface area contributed by atoms with Crippen LogP contribution in [0.3, 0.4) is 0 Å². The Hall–Kier alpha value is -2.53. The first-order valence-electron chi connectivity index (χ1n) is 9.04. The van der Waals surface area contributed by atoms with E-state index in [1.165, 1.54) is 12.1 Å². The first kappa shape index (κ1) is 23.1. The van der Waals surface area contributed by atoms with Crippen LogP contribution in [-0.4, -0.2) is 46.7 Å². The zero-order valence-corrected chi connectivity index (χ0v) is 18.3. The molecule has 1 aliphatic heterocycles. The number of nitrogens with one attached hydrogen (secondary N) is 2. The topological polar surface area (TPSA) is 120 Å². The van der Waals surface area contributed by atoms with Gasteiger partial charge in [-0.05, 0) is 30.3 Å². The summed E-state index contributed by atoms with van der Waals surface area (Å²) in [4.78, 5) is 23.7. The van der Waals surface area contributed by atoms with Gasteiger partial charge in [-0.3, -0.25) is 9.59 Å². The van der Waals surface area contributed by atoms with Gasteiger partial charge in [0.25, 0.3) is 5.91 Å². The van der Waals surface area contributed by atoms with E-state index in [0.717, 1.165) is 12.5 Å². The predicted molar refractivity (Wildman–Crippen MR) is 113 cm³/mol. The SMILES string of the molecule is O=C(COC(=O)CNS(=O)(=O)c1ccc(Cl)c(Cl)c1)Nc1ccc2c(c1)OCCCO2. The fraction of sp³-hybridized carbons (Fsp3) is 0.263. The molecule has 166 valence electrons. The third-order valence-electron chi connectivity index (χ3n) is 4.00. The minimum atomic E-state index is -4.01. The molecule has 0 unspecified atom stereocenters. The van der Waals surface area contributed by atoms with Crippen LogP contribution < -0.4 is 19.5 Å². The quantitative estimate of drug-likeness (QED) is 0.574. The molecule has 1 aliphatic rings. The van der Waals surface area contributed by atoms with Crippen LogP contribution >= 0.6 is 23.2 Å². The van der Waals surface area contributed by atoms with Crippen molar-refractivity contribution in [3.8, 4) is 11.5 Å².